The summed E-state index contributed by atoms with van der Waals surface area (Å²) in [7, 11) is 0. The molecule has 116 valence electrons. The van der Waals surface area contributed by atoms with Gasteiger partial charge in [-0.3, -0.25) is 0 Å². The third-order valence-corrected chi connectivity index (χ3v) is 4.56. The van der Waals surface area contributed by atoms with E-state index in [0.717, 1.165) is 24.2 Å². The van der Waals surface area contributed by atoms with E-state index < -0.39 is 0 Å². The molecule has 22 heavy (non-hydrogen) atoms. The van der Waals surface area contributed by atoms with E-state index in [1.54, 1.807) is 6.07 Å². The van der Waals surface area contributed by atoms with Gasteiger partial charge in [0, 0.05) is 11.0 Å². The lowest BCUT2D eigenvalue weighted by molar-refractivity contribution is 0.274. The Balaban J connectivity index is 1.69. The average Bonchev–Trinajstić information content (AvgIpc) is 3.26. The number of hydrogen-bond donors (Lipinski definition) is 1. The van der Waals surface area contributed by atoms with Crippen LogP contribution in [0.25, 0.3) is 0 Å². The molecule has 0 unspecified atom stereocenters. The van der Waals surface area contributed by atoms with Crippen molar-refractivity contribution in [3.8, 4) is 11.5 Å². The number of ether oxygens (including phenoxy) is 1. The van der Waals surface area contributed by atoms with Gasteiger partial charge in [0.2, 0.25) is 0 Å². The molecule has 0 bridgehead atoms. The van der Waals surface area contributed by atoms with E-state index in [1.807, 2.05) is 30.3 Å². The predicted octanol–water partition coefficient (Wildman–Crippen LogP) is 4.80. The van der Waals surface area contributed by atoms with Crippen LogP contribution in [0.15, 0.2) is 48.5 Å². The highest BCUT2D eigenvalue weighted by molar-refractivity contribution is 5.42. The molecular weight excluding hydrogens is 272 g/mol. The summed E-state index contributed by atoms with van der Waals surface area (Å²) in [5.41, 5.74) is 2.48. The molecule has 0 atom stereocenters. The Bertz CT molecular complexity index is 646. The molecule has 0 aliphatic heterocycles. The molecule has 0 saturated heterocycles. The first-order valence-corrected chi connectivity index (χ1v) is 7.93. The van der Waals surface area contributed by atoms with Crippen molar-refractivity contribution in [2.24, 2.45) is 0 Å². The van der Waals surface area contributed by atoms with Gasteiger partial charge < -0.3 is 9.84 Å². The zero-order valence-corrected chi connectivity index (χ0v) is 13.6. The maximum absolute atomic E-state index is 10.1. The number of phenols is 1. The largest absolute Gasteiger partial charge is 0.508 e. The lowest BCUT2D eigenvalue weighted by atomic mass is 9.87. The molecule has 1 aliphatic rings. The highest BCUT2D eigenvalue weighted by Gasteiger charge is 2.46. The van der Waals surface area contributed by atoms with Gasteiger partial charge in [0.05, 0.1) is 6.61 Å². The van der Waals surface area contributed by atoms with Crippen LogP contribution < -0.4 is 4.74 Å². The van der Waals surface area contributed by atoms with E-state index in [0.29, 0.717) is 12.4 Å². The standard InChI is InChI=1S/C20H24O2/c1-19(2,3)15-8-10-16(11-9-15)22-14-20(12-13-20)17-6-4-5-7-18(17)21/h4-11,21H,12-14H2,1-3H3. The lowest BCUT2D eigenvalue weighted by Crippen LogP contribution is -2.18. The second-order valence-electron chi connectivity index (χ2n) is 7.36. The summed E-state index contributed by atoms with van der Waals surface area (Å²) in [5, 5.41) is 10.1. The Morgan fingerprint density at radius 3 is 2.18 bits per heavy atom. The smallest absolute Gasteiger partial charge is 0.119 e. The fourth-order valence-electron chi connectivity index (χ4n) is 2.84. The third-order valence-electron chi connectivity index (χ3n) is 4.56. The molecule has 0 aromatic heterocycles. The first kappa shape index (κ1) is 15.0. The molecule has 2 aromatic rings. The molecule has 0 heterocycles. The van der Waals surface area contributed by atoms with Crippen molar-refractivity contribution in [2.75, 3.05) is 6.61 Å². The van der Waals surface area contributed by atoms with Gasteiger partial charge in [-0.15, -0.1) is 0 Å². The fourth-order valence-corrected chi connectivity index (χ4v) is 2.84. The Morgan fingerprint density at radius 2 is 1.64 bits per heavy atom. The molecule has 0 spiro atoms. The molecule has 1 N–H and O–H groups in total. The topological polar surface area (TPSA) is 29.5 Å². The summed E-state index contributed by atoms with van der Waals surface area (Å²) >= 11 is 0. The maximum Gasteiger partial charge on any atom is 0.119 e. The molecule has 0 amide bonds. The minimum absolute atomic E-state index is 0.00591. The molecule has 0 radical (unpaired) electrons. The van der Waals surface area contributed by atoms with Crippen LogP contribution in [0.5, 0.6) is 11.5 Å². The number of aromatic hydroxyl groups is 1. The van der Waals surface area contributed by atoms with Gasteiger partial charge in [-0.2, -0.15) is 0 Å². The van der Waals surface area contributed by atoms with Gasteiger partial charge in [-0.25, -0.2) is 0 Å². The second-order valence-corrected chi connectivity index (χ2v) is 7.36. The van der Waals surface area contributed by atoms with E-state index in [2.05, 4.69) is 32.9 Å². The van der Waals surface area contributed by atoms with Crippen LogP contribution in [-0.2, 0) is 10.8 Å². The van der Waals surface area contributed by atoms with Crippen LogP contribution in [0.3, 0.4) is 0 Å². The van der Waals surface area contributed by atoms with Crippen molar-refractivity contribution < 1.29 is 9.84 Å². The highest BCUT2D eigenvalue weighted by Crippen LogP contribution is 2.51. The lowest BCUT2D eigenvalue weighted by Gasteiger charge is -2.20. The van der Waals surface area contributed by atoms with Crippen LogP contribution in [-0.4, -0.2) is 11.7 Å². The Hall–Kier alpha value is -1.96. The highest BCUT2D eigenvalue weighted by atomic mass is 16.5. The van der Waals surface area contributed by atoms with Gasteiger partial charge in [0.25, 0.3) is 0 Å². The van der Waals surface area contributed by atoms with E-state index in [1.165, 1.54) is 5.56 Å². The Labute approximate surface area is 132 Å². The Kier molecular flexibility index (Phi) is 3.64. The monoisotopic (exact) mass is 296 g/mol. The summed E-state index contributed by atoms with van der Waals surface area (Å²) in [4.78, 5) is 0. The van der Waals surface area contributed by atoms with E-state index in [9.17, 15) is 5.11 Å². The van der Waals surface area contributed by atoms with Crippen LogP contribution in [0.1, 0.15) is 44.7 Å². The van der Waals surface area contributed by atoms with Crippen molar-refractivity contribution in [3.05, 3.63) is 59.7 Å². The Morgan fingerprint density at radius 1 is 1.00 bits per heavy atom. The van der Waals surface area contributed by atoms with Gasteiger partial charge in [0.15, 0.2) is 0 Å². The number of para-hydroxylation sites is 1. The van der Waals surface area contributed by atoms with E-state index in [-0.39, 0.29) is 10.8 Å². The number of phenolic OH excluding ortho intramolecular Hbond substituents is 1. The molecule has 2 heteroatoms. The molecule has 2 nitrogen and oxygen atoms in total. The molecule has 3 rings (SSSR count). The quantitative estimate of drug-likeness (QED) is 0.878. The molecular formula is C20H24O2. The van der Waals surface area contributed by atoms with Crippen molar-refractivity contribution in [1.82, 2.24) is 0 Å². The van der Waals surface area contributed by atoms with Crippen LogP contribution in [0, 0.1) is 0 Å². The van der Waals surface area contributed by atoms with Gasteiger partial charge >= 0.3 is 0 Å². The SMILES string of the molecule is CC(C)(C)c1ccc(OCC2(c3ccccc3O)CC2)cc1. The number of benzene rings is 2. The van der Waals surface area contributed by atoms with Crippen LogP contribution in [0.2, 0.25) is 0 Å². The zero-order valence-electron chi connectivity index (χ0n) is 13.6. The molecule has 1 aliphatic carbocycles. The number of rotatable bonds is 4. The molecule has 1 fully saturated rings. The number of hydrogen-bond acceptors (Lipinski definition) is 2. The van der Waals surface area contributed by atoms with Crippen LogP contribution >= 0.6 is 0 Å². The first-order chi connectivity index (χ1) is 10.4. The molecule has 2 aromatic carbocycles. The van der Waals surface area contributed by atoms with E-state index in [4.69, 9.17) is 4.74 Å². The summed E-state index contributed by atoms with van der Waals surface area (Å²) in [6.45, 7) is 7.25. The van der Waals surface area contributed by atoms with Crippen LogP contribution in [0.4, 0.5) is 0 Å². The molecule has 1 saturated carbocycles. The van der Waals surface area contributed by atoms with Crippen molar-refractivity contribution >= 4 is 0 Å². The normalized spacial score (nSPS) is 16.3. The minimum atomic E-state index is -0.00591. The van der Waals surface area contributed by atoms with Crippen molar-refractivity contribution in [3.63, 3.8) is 0 Å². The van der Waals surface area contributed by atoms with Crippen molar-refractivity contribution in [1.29, 1.82) is 0 Å². The fraction of sp³-hybridized carbons (Fsp3) is 0.400. The summed E-state index contributed by atoms with van der Waals surface area (Å²) in [5.74, 6) is 1.28. The predicted molar refractivity (Wildman–Crippen MR) is 89.7 cm³/mol. The van der Waals surface area contributed by atoms with Crippen molar-refractivity contribution in [2.45, 2.75) is 44.4 Å². The van der Waals surface area contributed by atoms with Gasteiger partial charge in [0.1, 0.15) is 11.5 Å². The summed E-state index contributed by atoms with van der Waals surface area (Å²) < 4.78 is 6.00. The average molecular weight is 296 g/mol. The zero-order chi connectivity index (χ0) is 15.8. The van der Waals surface area contributed by atoms with E-state index >= 15 is 0 Å². The van der Waals surface area contributed by atoms with Gasteiger partial charge in [-0.05, 0) is 42.0 Å². The second kappa shape index (κ2) is 5.35. The minimum Gasteiger partial charge on any atom is -0.508 e. The maximum atomic E-state index is 10.1. The summed E-state index contributed by atoms with van der Waals surface area (Å²) in [6.07, 6.45) is 2.15. The van der Waals surface area contributed by atoms with Gasteiger partial charge in [-0.1, -0.05) is 51.1 Å². The first-order valence-electron chi connectivity index (χ1n) is 7.93. The summed E-state index contributed by atoms with van der Waals surface area (Å²) in [6, 6.07) is 16.0. The third kappa shape index (κ3) is 2.96.